The lowest BCUT2D eigenvalue weighted by molar-refractivity contribution is 0.118. The van der Waals surface area contributed by atoms with Crippen molar-refractivity contribution in [1.29, 1.82) is 0 Å². The van der Waals surface area contributed by atoms with Crippen molar-refractivity contribution >= 4 is 21.9 Å². The Balaban J connectivity index is 1.90. The summed E-state index contributed by atoms with van der Waals surface area (Å²) in [4.78, 5) is 11.5. The Labute approximate surface area is 162 Å². The van der Waals surface area contributed by atoms with Gasteiger partial charge in [0.2, 0.25) is 0 Å². The molecule has 3 aromatic carbocycles. The second-order valence-electron chi connectivity index (χ2n) is 7.33. The second kappa shape index (κ2) is 6.08. The first-order valence-electron chi connectivity index (χ1n) is 9.40. The van der Waals surface area contributed by atoms with Crippen LogP contribution in [0, 0.1) is 13.8 Å². The van der Waals surface area contributed by atoms with Crippen LogP contribution in [-0.2, 0) is 5.60 Å². The number of aryl methyl sites for hydroxylation is 2. The van der Waals surface area contributed by atoms with Crippen LogP contribution < -0.4 is 0 Å². The maximum atomic E-state index is 12.3. The van der Waals surface area contributed by atoms with Crippen LogP contribution >= 0.6 is 0 Å². The third-order valence-corrected chi connectivity index (χ3v) is 5.52. The van der Waals surface area contributed by atoms with Crippen molar-refractivity contribution in [2.24, 2.45) is 0 Å². The summed E-state index contributed by atoms with van der Waals surface area (Å²) in [6.45, 7) is 4.13. The largest absolute Gasteiger partial charge is 0.373 e. The number of fused-ring (bicyclic) bond motifs is 2. The smallest absolute Gasteiger partial charge is 0.173 e. The van der Waals surface area contributed by atoms with Crippen LogP contribution in [0.2, 0.25) is 0 Å². The van der Waals surface area contributed by atoms with Crippen molar-refractivity contribution in [1.82, 2.24) is 15.0 Å². The van der Waals surface area contributed by atoms with Crippen molar-refractivity contribution in [2.75, 3.05) is 0 Å². The molecule has 0 fully saturated rings. The number of nitrogens with zero attached hydrogens (tertiary/aromatic N) is 1. The van der Waals surface area contributed by atoms with Gasteiger partial charge in [0, 0.05) is 22.7 Å². The van der Waals surface area contributed by atoms with E-state index in [-0.39, 0.29) is 0 Å². The molecule has 0 amide bonds. The second-order valence-corrected chi connectivity index (χ2v) is 7.33. The highest BCUT2D eigenvalue weighted by Crippen LogP contribution is 2.41. The Bertz CT molecular complexity index is 1270. The molecular weight excluding hydrogens is 346 g/mol. The molecule has 2 heterocycles. The summed E-state index contributed by atoms with van der Waals surface area (Å²) < 4.78 is 0. The predicted molar refractivity (Wildman–Crippen MR) is 112 cm³/mol. The van der Waals surface area contributed by atoms with Gasteiger partial charge in [0.1, 0.15) is 5.82 Å². The van der Waals surface area contributed by atoms with Crippen molar-refractivity contribution in [3.63, 3.8) is 0 Å². The van der Waals surface area contributed by atoms with Gasteiger partial charge in [0.05, 0.1) is 11.0 Å². The van der Waals surface area contributed by atoms with E-state index in [1.165, 1.54) is 0 Å². The minimum Gasteiger partial charge on any atom is -0.373 e. The summed E-state index contributed by atoms with van der Waals surface area (Å²) in [6.07, 6.45) is 1.92. The molecule has 0 aliphatic heterocycles. The Morgan fingerprint density at radius 1 is 0.893 bits per heavy atom. The third-order valence-electron chi connectivity index (χ3n) is 5.52. The SMILES string of the molecule is Cc1cc(C)c2[nH]ccc2c1C(O)(c1ccccc1)c1nc2ccccc2[nH]1. The van der Waals surface area contributed by atoms with Crippen LogP contribution in [0.4, 0.5) is 0 Å². The van der Waals surface area contributed by atoms with Gasteiger partial charge in [-0.05, 0) is 48.7 Å². The Kier molecular flexibility index (Phi) is 3.64. The van der Waals surface area contributed by atoms with E-state index < -0.39 is 5.60 Å². The molecule has 0 spiro atoms. The van der Waals surface area contributed by atoms with E-state index in [1.54, 1.807) is 0 Å². The standard InChI is InChI=1S/C24H21N3O/c1-15-14-16(2)22-18(12-13-25-22)21(15)24(28,17-8-4-3-5-9-17)23-26-19-10-6-7-11-20(19)27-23/h3-14,25,28H,1-2H3,(H,26,27). The van der Waals surface area contributed by atoms with Gasteiger partial charge in [-0.3, -0.25) is 0 Å². The molecule has 5 aromatic rings. The van der Waals surface area contributed by atoms with Gasteiger partial charge < -0.3 is 15.1 Å². The van der Waals surface area contributed by atoms with Crippen LogP contribution in [0.1, 0.15) is 28.1 Å². The number of aromatic amines is 2. The molecule has 1 atom stereocenters. The van der Waals surface area contributed by atoms with Crippen molar-refractivity contribution in [2.45, 2.75) is 19.4 Å². The van der Waals surface area contributed by atoms with E-state index in [4.69, 9.17) is 4.98 Å². The predicted octanol–water partition coefficient (Wildman–Crippen LogP) is 4.95. The summed E-state index contributed by atoms with van der Waals surface area (Å²) in [6, 6.07) is 21.7. The number of nitrogens with one attached hydrogen (secondary N) is 2. The first-order chi connectivity index (χ1) is 13.6. The Hall–Kier alpha value is -3.37. The summed E-state index contributed by atoms with van der Waals surface area (Å²) >= 11 is 0. The van der Waals surface area contributed by atoms with E-state index in [9.17, 15) is 5.11 Å². The number of hydrogen-bond donors (Lipinski definition) is 3. The molecule has 0 aliphatic carbocycles. The number of imidazole rings is 1. The summed E-state index contributed by atoms with van der Waals surface area (Å²) in [5.41, 5.74) is 5.18. The average Bonchev–Trinajstić information content (AvgIpc) is 3.36. The minimum atomic E-state index is -1.40. The normalized spacial score (nSPS) is 13.8. The average molecular weight is 367 g/mol. The number of rotatable bonds is 3. The molecule has 3 N–H and O–H groups in total. The molecular formula is C24H21N3O. The number of aromatic nitrogens is 3. The molecule has 4 heteroatoms. The number of aliphatic hydroxyl groups is 1. The van der Waals surface area contributed by atoms with Crippen molar-refractivity contribution in [3.8, 4) is 0 Å². The monoisotopic (exact) mass is 367 g/mol. The minimum absolute atomic E-state index is 0.523. The Morgan fingerprint density at radius 3 is 2.43 bits per heavy atom. The fraction of sp³-hybridized carbons (Fsp3) is 0.125. The highest BCUT2D eigenvalue weighted by atomic mass is 16.3. The molecule has 2 aromatic heterocycles. The zero-order valence-corrected chi connectivity index (χ0v) is 15.8. The summed E-state index contributed by atoms with van der Waals surface area (Å²) in [7, 11) is 0. The van der Waals surface area contributed by atoms with Crippen LogP contribution in [0.5, 0.6) is 0 Å². The van der Waals surface area contributed by atoms with E-state index in [2.05, 4.69) is 23.0 Å². The molecule has 0 radical (unpaired) electrons. The molecule has 0 saturated carbocycles. The van der Waals surface area contributed by atoms with Gasteiger partial charge in [-0.25, -0.2) is 4.98 Å². The van der Waals surface area contributed by atoms with Crippen molar-refractivity contribution in [3.05, 3.63) is 101 Å². The first kappa shape index (κ1) is 16.8. The highest BCUT2D eigenvalue weighted by molar-refractivity contribution is 5.89. The van der Waals surface area contributed by atoms with E-state index in [1.807, 2.05) is 73.8 Å². The number of H-pyrrole nitrogens is 2. The van der Waals surface area contributed by atoms with Gasteiger partial charge in [-0.15, -0.1) is 0 Å². The third kappa shape index (κ3) is 2.31. The Morgan fingerprint density at radius 2 is 1.64 bits per heavy atom. The molecule has 28 heavy (non-hydrogen) atoms. The summed E-state index contributed by atoms with van der Waals surface area (Å²) in [5.74, 6) is 0.523. The van der Waals surface area contributed by atoms with E-state index in [0.717, 1.165) is 44.2 Å². The zero-order chi connectivity index (χ0) is 19.3. The van der Waals surface area contributed by atoms with Crippen LogP contribution in [-0.4, -0.2) is 20.1 Å². The molecule has 0 bridgehead atoms. The van der Waals surface area contributed by atoms with Gasteiger partial charge in [-0.2, -0.15) is 0 Å². The van der Waals surface area contributed by atoms with Gasteiger partial charge >= 0.3 is 0 Å². The number of hydrogen-bond acceptors (Lipinski definition) is 2. The lowest BCUT2D eigenvalue weighted by Gasteiger charge is -2.30. The topological polar surface area (TPSA) is 64.7 Å². The van der Waals surface area contributed by atoms with E-state index in [0.29, 0.717) is 5.82 Å². The molecule has 1 unspecified atom stereocenters. The first-order valence-corrected chi connectivity index (χ1v) is 9.40. The maximum Gasteiger partial charge on any atom is 0.173 e. The maximum absolute atomic E-state index is 12.3. The molecule has 0 saturated heterocycles. The van der Waals surface area contributed by atoms with Crippen LogP contribution in [0.25, 0.3) is 21.9 Å². The van der Waals surface area contributed by atoms with Gasteiger partial charge in [-0.1, -0.05) is 48.5 Å². The molecule has 5 rings (SSSR count). The van der Waals surface area contributed by atoms with Crippen LogP contribution in [0.15, 0.2) is 72.9 Å². The van der Waals surface area contributed by atoms with Gasteiger partial charge in [0.25, 0.3) is 0 Å². The molecule has 0 aliphatic rings. The lowest BCUT2D eigenvalue weighted by Crippen LogP contribution is -2.31. The van der Waals surface area contributed by atoms with Gasteiger partial charge in [0.15, 0.2) is 5.60 Å². The lowest BCUT2D eigenvalue weighted by atomic mass is 9.80. The van der Waals surface area contributed by atoms with Crippen LogP contribution in [0.3, 0.4) is 0 Å². The number of benzene rings is 3. The van der Waals surface area contributed by atoms with Crippen molar-refractivity contribution < 1.29 is 5.11 Å². The quantitative estimate of drug-likeness (QED) is 0.423. The fourth-order valence-corrected chi connectivity index (χ4v) is 4.27. The zero-order valence-electron chi connectivity index (χ0n) is 15.8. The molecule has 4 nitrogen and oxygen atoms in total. The molecule has 138 valence electrons. The number of para-hydroxylation sites is 2. The fourth-order valence-electron chi connectivity index (χ4n) is 4.27. The summed E-state index contributed by atoms with van der Waals surface area (Å²) in [5, 5.41) is 13.3. The van der Waals surface area contributed by atoms with E-state index >= 15 is 0 Å². The highest BCUT2D eigenvalue weighted by Gasteiger charge is 2.40.